The van der Waals surface area contributed by atoms with Crippen LogP contribution in [0.2, 0.25) is 0 Å². The minimum atomic E-state index is -0.476. The molecule has 3 fully saturated rings. The van der Waals surface area contributed by atoms with Crippen LogP contribution in [0.25, 0.3) is 87.8 Å². The van der Waals surface area contributed by atoms with Gasteiger partial charge >= 0.3 is 21.1 Å². The maximum absolute atomic E-state index is 6.29. The Hall–Kier alpha value is -6.61. The first kappa shape index (κ1) is 59.1. The molecule has 7 heterocycles. The normalized spacial score (nSPS) is 18.0. The molecule has 3 aliphatic rings. The number of furan rings is 4. The number of benzene rings is 8. The van der Waals surface area contributed by atoms with Gasteiger partial charge in [0.25, 0.3) is 0 Å². The first-order valence-corrected chi connectivity index (χ1v) is 30.0. The molecule has 430 valence electrons. The SMILES string of the molecule is CC1(C)OB(B2OC(C)(C)C(C)(C)O2)OC1(C)C.CCc1ccc(B2OC(C)(C)C(C)(C)O2)c2c1oc1ccccc12.CCc1ccc(Br)c2c1oc1ccccc12.c1ccc2c(c1)oc1ccccc12.c1ccc2c(c1)oc1ccccc12. The van der Waals surface area contributed by atoms with E-state index in [2.05, 4.69) is 118 Å². The lowest BCUT2D eigenvalue weighted by Crippen LogP contribution is -2.41. The summed E-state index contributed by atoms with van der Waals surface area (Å²) < 4.78 is 60.9. The number of fused-ring (bicyclic) bond motifs is 12. The van der Waals surface area contributed by atoms with Crippen LogP contribution in [0.15, 0.2) is 192 Å². The van der Waals surface area contributed by atoms with E-state index in [1.54, 1.807) is 0 Å². The van der Waals surface area contributed by atoms with Crippen molar-refractivity contribution in [2.24, 2.45) is 0 Å². The number of hydrogen-bond acceptors (Lipinski definition) is 10. The quantitative estimate of drug-likeness (QED) is 0.158. The largest absolute Gasteiger partial charge is 0.495 e. The maximum atomic E-state index is 6.29. The third kappa shape index (κ3) is 11.0. The second kappa shape index (κ2) is 22.7. The van der Waals surface area contributed by atoms with Gasteiger partial charge in [0.1, 0.15) is 44.7 Å². The average molecular weight is 1190 g/mol. The molecular weight excluding hydrogens is 1110 g/mol. The highest BCUT2D eigenvalue weighted by molar-refractivity contribution is 9.10. The molecule has 0 amide bonds. The minimum Gasteiger partial charge on any atom is -0.456 e. The van der Waals surface area contributed by atoms with Gasteiger partial charge in [-0.3, -0.25) is 0 Å². The zero-order valence-electron chi connectivity index (χ0n) is 50.8. The van der Waals surface area contributed by atoms with Crippen molar-refractivity contribution in [1.29, 1.82) is 0 Å². The summed E-state index contributed by atoms with van der Waals surface area (Å²) in [6.45, 7) is 28.8. The molecule has 15 rings (SSSR count). The highest BCUT2D eigenvalue weighted by Crippen LogP contribution is 2.44. The Kier molecular flexibility index (Phi) is 16.0. The summed E-state index contributed by atoms with van der Waals surface area (Å²) >= 11 is 3.60. The summed E-state index contributed by atoms with van der Waals surface area (Å²) in [5.74, 6) is 0. The standard InChI is InChI=1S/C20H23BO3.C14H11BrO.C12H24B2O4.2C12H8O/c1-6-13-11-12-15(21-23-19(2,3)20(4,5)24-21)17-14-9-7-8-10-16(14)22-18(13)17;1-2-9-7-8-11(15)13-10-5-3-4-6-12(10)16-14(9)13;1-9(2)10(3,4)16-13(15-9)14-17-11(5,6)12(7,8)18-14;2*1-3-7-11-9(5-1)10-6-2-4-8-12(10)13-11/h7-12H,6H2,1-5H3;3-8H,2H2,1H3;1-8H3;2*1-8H. The Morgan fingerprint density at radius 2 is 0.583 bits per heavy atom. The van der Waals surface area contributed by atoms with Gasteiger partial charge in [-0.15, -0.1) is 0 Å². The van der Waals surface area contributed by atoms with Crippen molar-refractivity contribution in [3.63, 3.8) is 0 Å². The van der Waals surface area contributed by atoms with Crippen molar-refractivity contribution in [3.05, 3.63) is 185 Å². The number of para-hydroxylation sites is 6. The topological polar surface area (TPSA) is 108 Å². The Balaban J connectivity index is 0.000000112. The Labute approximate surface area is 501 Å². The molecule has 12 aromatic rings. The van der Waals surface area contributed by atoms with Crippen molar-refractivity contribution < 1.29 is 45.6 Å². The Bertz CT molecular complexity index is 4050. The van der Waals surface area contributed by atoms with Crippen LogP contribution in [-0.4, -0.2) is 54.7 Å². The summed E-state index contributed by atoms with van der Waals surface area (Å²) in [7, 11) is -1.34. The van der Waals surface area contributed by atoms with Gasteiger partial charge in [0.05, 0.1) is 33.6 Å². The fourth-order valence-electron chi connectivity index (χ4n) is 10.8. The molecule has 0 N–H and O–H groups in total. The molecule has 0 bridgehead atoms. The maximum Gasteiger partial charge on any atom is 0.495 e. The second-order valence-corrected chi connectivity index (χ2v) is 25.7. The second-order valence-electron chi connectivity index (χ2n) is 24.9. The molecule has 3 aliphatic heterocycles. The van der Waals surface area contributed by atoms with E-state index in [0.717, 1.165) is 78.2 Å². The van der Waals surface area contributed by atoms with Crippen molar-refractivity contribution in [2.75, 3.05) is 0 Å². The molecule has 84 heavy (non-hydrogen) atoms. The minimum absolute atomic E-state index is 0.354. The predicted molar refractivity (Wildman–Crippen MR) is 349 cm³/mol. The highest BCUT2D eigenvalue weighted by atomic mass is 79.9. The van der Waals surface area contributed by atoms with Gasteiger partial charge in [0.2, 0.25) is 0 Å². The Morgan fingerprint density at radius 1 is 0.310 bits per heavy atom. The zero-order valence-corrected chi connectivity index (χ0v) is 52.4. The zero-order chi connectivity index (χ0) is 59.6. The lowest BCUT2D eigenvalue weighted by Gasteiger charge is -2.32. The molecule has 0 atom stereocenters. The summed E-state index contributed by atoms with van der Waals surface area (Å²) in [6.07, 6.45) is 1.92. The van der Waals surface area contributed by atoms with E-state index < -0.39 is 14.0 Å². The Morgan fingerprint density at radius 3 is 0.929 bits per heavy atom. The van der Waals surface area contributed by atoms with Crippen LogP contribution >= 0.6 is 15.9 Å². The van der Waals surface area contributed by atoms with Gasteiger partial charge in [-0.25, -0.2) is 0 Å². The van der Waals surface area contributed by atoms with E-state index in [4.69, 9.17) is 45.6 Å². The van der Waals surface area contributed by atoms with Crippen LogP contribution in [0.1, 0.15) is 108 Å². The molecule has 0 radical (unpaired) electrons. The van der Waals surface area contributed by atoms with Crippen LogP contribution < -0.4 is 5.46 Å². The molecule has 0 saturated carbocycles. The van der Waals surface area contributed by atoms with E-state index >= 15 is 0 Å². The van der Waals surface area contributed by atoms with E-state index in [-0.39, 0.29) is 40.7 Å². The molecule has 0 unspecified atom stereocenters. The van der Waals surface area contributed by atoms with Crippen molar-refractivity contribution >= 4 is 130 Å². The van der Waals surface area contributed by atoms with Crippen molar-refractivity contribution in [1.82, 2.24) is 0 Å². The third-order valence-corrected chi connectivity index (χ3v) is 18.5. The van der Waals surface area contributed by atoms with Gasteiger partial charge in [-0.05, 0) is 155 Å². The molecule has 0 aliphatic carbocycles. The highest BCUT2D eigenvalue weighted by Gasteiger charge is 2.64. The van der Waals surface area contributed by atoms with Gasteiger partial charge < -0.3 is 45.6 Å². The number of halogens is 1. The van der Waals surface area contributed by atoms with Gasteiger partial charge in [0, 0.05) is 47.6 Å². The summed E-state index contributed by atoms with van der Waals surface area (Å²) in [4.78, 5) is 0. The van der Waals surface area contributed by atoms with Crippen LogP contribution in [0, 0.1) is 0 Å². The lowest BCUT2D eigenvalue weighted by molar-refractivity contribution is 0.00578. The van der Waals surface area contributed by atoms with E-state index in [1.165, 1.54) is 43.4 Å². The molecule has 0 spiro atoms. The number of aryl methyl sites for hydroxylation is 2. The van der Waals surface area contributed by atoms with Gasteiger partial charge in [-0.2, -0.15) is 0 Å². The smallest absolute Gasteiger partial charge is 0.456 e. The summed E-state index contributed by atoms with van der Waals surface area (Å²) in [5.41, 5.74) is 9.04. The van der Waals surface area contributed by atoms with E-state index in [0.29, 0.717) is 0 Å². The monoisotopic (exact) mass is 1190 g/mol. The molecule has 8 aromatic carbocycles. The van der Waals surface area contributed by atoms with E-state index in [9.17, 15) is 0 Å². The molecule has 3 saturated heterocycles. The molecule has 10 nitrogen and oxygen atoms in total. The summed E-state index contributed by atoms with van der Waals surface area (Å²) in [5, 5.41) is 9.37. The van der Waals surface area contributed by atoms with Crippen LogP contribution in [0.4, 0.5) is 0 Å². The average Bonchev–Trinajstić information content (AvgIpc) is 2.62. The van der Waals surface area contributed by atoms with Crippen molar-refractivity contribution in [3.8, 4) is 0 Å². The van der Waals surface area contributed by atoms with E-state index in [1.807, 2.05) is 165 Å². The molecule has 4 aromatic heterocycles. The predicted octanol–water partition coefficient (Wildman–Crippen LogP) is 18.8. The van der Waals surface area contributed by atoms with Crippen LogP contribution in [0.5, 0.6) is 0 Å². The van der Waals surface area contributed by atoms with Crippen LogP contribution in [0.3, 0.4) is 0 Å². The van der Waals surface area contributed by atoms with Gasteiger partial charge in [-0.1, -0.05) is 157 Å². The first-order chi connectivity index (χ1) is 39.9. The third-order valence-electron chi connectivity index (χ3n) is 17.8. The van der Waals surface area contributed by atoms with Gasteiger partial charge in [0.15, 0.2) is 0 Å². The molecular formula is C70H74B3BrO10. The first-order valence-electron chi connectivity index (χ1n) is 29.2. The number of hydrogen-bond donors (Lipinski definition) is 0. The lowest BCUT2D eigenvalue weighted by atomic mass is 9.49. The summed E-state index contributed by atoms with van der Waals surface area (Å²) in [6, 6.07) is 57.2. The van der Waals surface area contributed by atoms with Crippen molar-refractivity contribution in [2.45, 2.75) is 143 Å². The number of rotatable bonds is 4. The fraction of sp³-hybridized carbons (Fsp3) is 0.314. The molecule has 14 heteroatoms. The fourth-order valence-corrected chi connectivity index (χ4v) is 11.3. The van der Waals surface area contributed by atoms with Crippen LogP contribution in [-0.2, 0) is 40.8 Å².